The molecule has 0 aromatic rings. The van der Waals surface area contributed by atoms with Crippen LogP contribution in [0.4, 0.5) is 0 Å². The van der Waals surface area contributed by atoms with Gasteiger partial charge in [0.05, 0.1) is 0 Å². The Morgan fingerprint density at radius 2 is 1.06 bits per heavy atom. The fourth-order valence-electron chi connectivity index (χ4n) is 3.69. The first-order chi connectivity index (χ1) is 15.4. The predicted octanol–water partition coefficient (Wildman–Crippen LogP) is 11.5. The summed E-state index contributed by atoms with van der Waals surface area (Å²) in [5.41, 5.74) is 10.3. The maximum absolute atomic E-state index is 4.36. The van der Waals surface area contributed by atoms with Crippen molar-refractivity contribution in [3.63, 3.8) is 0 Å². The third-order valence-electron chi connectivity index (χ3n) is 7.34. The summed E-state index contributed by atoms with van der Waals surface area (Å²) in [6.45, 7) is 28.7. The molecule has 2 unspecified atom stereocenters. The maximum atomic E-state index is 4.36. The minimum atomic E-state index is 0.601. The number of unbranched alkanes of at least 4 members (excludes halogenated alkanes) is 1. The van der Waals surface area contributed by atoms with Gasteiger partial charge in [-0.3, -0.25) is 0 Å². The third-order valence-corrected chi connectivity index (χ3v) is 7.34. The molecule has 0 aromatic carbocycles. The molecular weight excluding hydrogens is 396 g/mol. The lowest BCUT2D eigenvalue weighted by Crippen LogP contribution is -2.02. The molecule has 33 heavy (non-hydrogen) atoms. The van der Waals surface area contributed by atoms with Crippen LogP contribution in [-0.2, 0) is 0 Å². The lowest BCUT2D eigenvalue weighted by molar-refractivity contribution is 0.543. The van der Waals surface area contributed by atoms with E-state index in [9.17, 15) is 0 Å². The number of allylic oxidation sites excluding steroid dienone is 10. The largest absolute Gasteiger partial charge is 0.0999 e. The molecule has 0 aliphatic rings. The van der Waals surface area contributed by atoms with Crippen molar-refractivity contribution >= 4 is 0 Å². The highest BCUT2D eigenvalue weighted by Crippen LogP contribution is 2.25. The molecule has 0 amide bonds. The van der Waals surface area contributed by atoms with Gasteiger partial charge in [0, 0.05) is 0 Å². The Hall–Kier alpha value is -1.56. The smallest absolute Gasteiger partial charge is 0.0231 e. The van der Waals surface area contributed by atoms with Gasteiger partial charge in [0.25, 0.3) is 0 Å². The summed E-state index contributed by atoms with van der Waals surface area (Å²) in [6.07, 6.45) is 19.1. The standard InChI is InChI=1S/C33H56/c1-25(2)30(8)21-19-29(7)18-14-17-27(5)15-12-13-16-28(6)20-22-32(10)33(11)24-23-31(9)26(3)4/h15-16,18,31-32H,3,11-14,17,19-24H2,1-2,4-10H3. The molecule has 2 atom stereocenters. The molecule has 0 bridgehead atoms. The molecule has 0 heterocycles. The Balaban J connectivity index is 4.18. The van der Waals surface area contributed by atoms with E-state index in [0.717, 1.165) is 19.3 Å². The summed E-state index contributed by atoms with van der Waals surface area (Å²) >= 11 is 0. The highest BCUT2D eigenvalue weighted by atomic mass is 14.2. The molecule has 0 aliphatic heterocycles. The van der Waals surface area contributed by atoms with E-state index >= 15 is 0 Å². The quantitative estimate of drug-likeness (QED) is 0.152. The van der Waals surface area contributed by atoms with Gasteiger partial charge in [-0.25, -0.2) is 0 Å². The zero-order chi connectivity index (χ0) is 25.4. The van der Waals surface area contributed by atoms with Crippen LogP contribution in [0.5, 0.6) is 0 Å². The zero-order valence-electron chi connectivity index (χ0n) is 23.9. The summed E-state index contributed by atoms with van der Waals surface area (Å²) in [7, 11) is 0. The van der Waals surface area contributed by atoms with Gasteiger partial charge in [0.2, 0.25) is 0 Å². The summed E-state index contributed by atoms with van der Waals surface area (Å²) in [5, 5.41) is 0. The maximum Gasteiger partial charge on any atom is -0.0231 e. The van der Waals surface area contributed by atoms with Gasteiger partial charge < -0.3 is 0 Å². The Morgan fingerprint density at radius 1 is 0.576 bits per heavy atom. The fraction of sp³-hybridized carbons (Fsp3) is 0.636. The Bertz CT molecular complexity index is 715. The normalized spacial score (nSPS) is 14.8. The van der Waals surface area contributed by atoms with Crippen LogP contribution in [0.3, 0.4) is 0 Å². The van der Waals surface area contributed by atoms with Crippen molar-refractivity contribution in [1.29, 1.82) is 0 Å². The van der Waals surface area contributed by atoms with Crippen LogP contribution in [0.25, 0.3) is 0 Å². The SMILES string of the molecule is C=C(C)C(C)CCC(=C)C(C)CCC(C)=CCCC=C(C)CCC=C(C)CCC(C)=C(C)C. The van der Waals surface area contributed by atoms with E-state index in [0.29, 0.717) is 11.8 Å². The Kier molecular flexibility index (Phi) is 17.0. The van der Waals surface area contributed by atoms with Crippen LogP contribution in [0, 0.1) is 11.8 Å². The van der Waals surface area contributed by atoms with Gasteiger partial charge >= 0.3 is 0 Å². The van der Waals surface area contributed by atoms with Crippen LogP contribution >= 0.6 is 0 Å². The predicted molar refractivity (Wildman–Crippen MR) is 154 cm³/mol. The molecule has 0 aliphatic carbocycles. The van der Waals surface area contributed by atoms with Crippen LogP contribution in [-0.4, -0.2) is 0 Å². The molecular formula is C33H56. The van der Waals surface area contributed by atoms with E-state index < -0.39 is 0 Å². The average Bonchev–Trinajstić information content (AvgIpc) is 2.76. The van der Waals surface area contributed by atoms with Crippen LogP contribution < -0.4 is 0 Å². The second-order valence-electron chi connectivity index (χ2n) is 10.9. The van der Waals surface area contributed by atoms with Crippen molar-refractivity contribution in [3.05, 3.63) is 70.4 Å². The molecule has 0 saturated heterocycles. The molecule has 188 valence electrons. The van der Waals surface area contributed by atoms with Crippen molar-refractivity contribution in [2.24, 2.45) is 11.8 Å². The molecule has 0 heteroatoms. The van der Waals surface area contributed by atoms with E-state index in [1.54, 1.807) is 0 Å². The van der Waals surface area contributed by atoms with Crippen molar-refractivity contribution in [2.75, 3.05) is 0 Å². The Labute approximate surface area is 208 Å². The van der Waals surface area contributed by atoms with Crippen molar-refractivity contribution < 1.29 is 0 Å². The van der Waals surface area contributed by atoms with E-state index in [1.165, 1.54) is 84.0 Å². The van der Waals surface area contributed by atoms with Gasteiger partial charge in [-0.05, 0) is 125 Å². The number of hydrogen-bond donors (Lipinski definition) is 0. The van der Waals surface area contributed by atoms with Gasteiger partial charge in [-0.1, -0.05) is 84.2 Å². The third kappa shape index (κ3) is 16.7. The second kappa shape index (κ2) is 17.9. The zero-order valence-corrected chi connectivity index (χ0v) is 23.9. The van der Waals surface area contributed by atoms with Crippen molar-refractivity contribution in [2.45, 2.75) is 127 Å². The molecule has 0 nitrogen and oxygen atoms in total. The average molecular weight is 453 g/mol. The van der Waals surface area contributed by atoms with Crippen LogP contribution in [0.1, 0.15) is 127 Å². The lowest BCUT2D eigenvalue weighted by Gasteiger charge is -2.17. The summed E-state index contributed by atoms with van der Waals surface area (Å²) in [6, 6.07) is 0. The van der Waals surface area contributed by atoms with Crippen molar-refractivity contribution in [3.8, 4) is 0 Å². The van der Waals surface area contributed by atoms with Gasteiger partial charge in [-0.2, -0.15) is 0 Å². The molecule has 0 N–H and O–H groups in total. The molecule has 0 rings (SSSR count). The summed E-state index contributed by atoms with van der Waals surface area (Å²) in [5.74, 6) is 1.21. The first-order valence-electron chi connectivity index (χ1n) is 13.4. The van der Waals surface area contributed by atoms with Crippen molar-refractivity contribution in [1.82, 2.24) is 0 Å². The second-order valence-corrected chi connectivity index (χ2v) is 10.9. The van der Waals surface area contributed by atoms with E-state index in [4.69, 9.17) is 0 Å². The molecule has 0 fully saturated rings. The minimum absolute atomic E-state index is 0.601. The van der Waals surface area contributed by atoms with Crippen LogP contribution in [0.2, 0.25) is 0 Å². The molecule has 0 aromatic heterocycles. The van der Waals surface area contributed by atoms with Gasteiger partial charge in [-0.15, -0.1) is 0 Å². The van der Waals surface area contributed by atoms with Gasteiger partial charge in [0.15, 0.2) is 0 Å². The first-order valence-corrected chi connectivity index (χ1v) is 13.4. The van der Waals surface area contributed by atoms with E-state index in [2.05, 4.69) is 93.7 Å². The lowest BCUT2D eigenvalue weighted by atomic mass is 9.88. The fourth-order valence-corrected chi connectivity index (χ4v) is 3.69. The molecule has 0 radical (unpaired) electrons. The first kappa shape index (κ1) is 31.4. The topological polar surface area (TPSA) is 0 Å². The summed E-state index contributed by atoms with van der Waals surface area (Å²) in [4.78, 5) is 0. The highest BCUT2D eigenvalue weighted by molar-refractivity contribution is 5.11. The monoisotopic (exact) mass is 452 g/mol. The Morgan fingerprint density at radius 3 is 1.61 bits per heavy atom. The highest BCUT2D eigenvalue weighted by Gasteiger charge is 2.09. The van der Waals surface area contributed by atoms with E-state index in [-0.39, 0.29) is 0 Å². The summed E-state index contributed by atoms with van der Waals surface area (Å²) < 4.78 is 0. The number of rotatable bonds is 17. The minimum Gasteiger partial charge on any atom is -0.0999 e. The van der Waals surface area contributed by atoms with Crippen LogP contribution in [0.15, 0.2) is 70.4 Å². The van der Waals surface area contributed by atoms with Gasteiger partial charge in [0.1, 0.15) is 0 Å². The number of hydrogen-bond acceptors (Lipinski definition) is 0. The van der Waals surface area contributed by atoms with E-state index in [1.807, 2.05) is 0 Å². The molecule has 0 saturated carbocycles. The molecule has 0 spiro atoms.